The van der Waals surface area contributed by atoms with Crippen molar-refractivity contribution < 1.29 is 13.2 Å². The fourth-order valence-electron chi connectivity index (χ4n) is 1.77. The van der Waals surface area contributed by atoms with Gasteiger partial charge in [0, 0.05) is 12.4 Å². The van der Waals surface area contributed by atoms with Crippen molar-refractivity contribution in [3.8, 4) is 5.75 Å². The Kier molecular flexibility index (Phi) is 4.69. The van der Waals surface area contributed by atoms with Crippen LogP contribution in [0.5, 0.6) is 5.75 Å². The molecule has 112 valence electrons. The fraction of sp³-hybridized carbons (Fsp3) is 0.214. The second-order valence-electron chi connectivity index (χ2n) is 4.32. The van der Waals surface area contributed by atoms with Crippen LogP contribution in [0.3, 0.4) is 0 Å². The molecule has 0 aliphatic rings. The Morgan fingerprint density at radius 2 is 2.10 bits per heavy atom. The van der Waals surface area contributed by atoms with Gasteiger partial charge in [0.05, 0.1) is 17.3 Å². The minimum absolute atomic E-state index is 0.0556. The summed E-state index contributed by atoms with van der Waals surface area (Å²) in [6, 6.07) is 6.56. The molecule has 0 bridgehead atoms. The predicted molar refractivity (Wildman–Crippen MR) is 82.4 cm³/mol. The maximum atomic E-state index is 12.3. The first-order valence-electron chi connectivity index (χ1n) is 6.30. The van der Waals surface area contributed by atoms with Crippen LogP contribution in [0, 0.1) is 6.92 Å². The number of rotatable bonds is 5. The van der Waals surface area contributed by atoms with Gasteiger partial charge in [0.1, 0.15) is 10.6 Å². The highest BCUT2D eigenvalue weighted by atomic mass is 35.5. The molecule has 0 radical (unpaired) electrons. The smallest absolute Gasteiger partial charge is 0.264 e. The number of ether oxygens (including phenoxy) is 1. The number of halogens is 1. The van der Waals surface area contributed by atoms with Gasteiger partial charge in [-0.2, -0.15) is 0 Å². The molecule has 0 unspecified atom stereocenters. The van der Waals surface area contributed by atoms with Crippen molar-refractivity contribution in [2.75, 3.05) is 11.3 Å². The number of pyridine rings is 1. The van der Waals surface area contributed by atoms with Gasteiger partial charge in [-0.15, -0.1) is 0 Å². The molecule has 21 heavy (non-hydrogen) atoms. The summed E-state index contributed by atoms with van der Waals surface area (Å²) in [6.07, 6.45) is 2.65. The first kappa shape index (κ1) is 15.6. The van der Waals surface area contributed by atoms with Gasteiger partial charge in [-0.1, -0.05) is 11.6 Å². The van der Waals surface area contributed by atoms with Gasteiger partial charge in [0.25, 0.3) is 10.0 Å². The number of nitrogens with one attached hydrogen (secondary N) is 1. The summed E-state index contributed by atoms with van der Waals surface area (Å²) in [6.45, 7) is 4.23. The molecule has 5 nitrogen and oxygen atoms in total. The Bertz CT molecular complexity index is 748. The zero-order valence-corrected chi connectivity index (χ0v) is 13.2. The summed E-state index contributed by atoms with van der Waals surface area (Å²) in [5.74, 6) is 0.692. The fourth-order valence-corrected chi connectivity index (χ4v) is 3.33. The summed E-state index contributed by atoms with van der Waals surface area (Å²) in [4.78, 5) is 3.74. The molecule has 1 aromatic carbocycles. The minimum Gasteiger partial charge on any atom is -0.494 e. The van der Waals surface area contributed by atoms with E-state index in [9.17, 15) is 8.42 Å². The third kappa shape index (κ3) is 3.65. The van der Waals surface area contributed by atoms with Crippen LogP contribution in [0.1, 0.15) is 12.5 Å². The van der Waals surface area contributed by atoms with Crippen LogP contribution in [-0.4, -0.2) is 20.0 Å². The van der Waals surface area contributed by atoms with Crippen molar-refractivity contribution in [2.45, 2.75) is 18.7 Å². The number of aromatic nitrogens is 1. The zero-order chi connectivity index (χ0) is 15.5. The van der Waals surface area contributed by atoms with E-state index >= 15 is 0 Å². The van der Waals surface area contributed by atoms with Crippen LogP contribution < -0.4 is 9.46 Å². The lowest BCUT2D eigenvalue weighted by Gasteiger charge is -2.12. The van der Waals surface area contributed by atoms with E-state index in [1.807, 2.05) is 6.92 Å². The van der Waals surface area contributed by atoms with Crippen LogP contribution in [0.2, 0.25) is 5.02 Å². The Morgan fingerprint density at radius 1 is 1.33 bits per heavy atom. The molecule has 0 amide bonds. The van der Waals surface area contributed by atoms with E-state index < -0.39 is 10.0 Å². The van der Waals surface area contributed by atoms with Crippen LogP contribution in [0.25, 0.3) is 0 Å². The molecule has 1 heterocycles. The van der Waals surface area contributed by atoms with Crippen molar-refractivity contribution in [1.29, 1.82) is 0 Å². The normalized spacial score (nSPS) is 11.2. The van der Waals surface area contributed by atoms with Gasteiger partial charge in [0.15, 0.2) is 0 Å². The molecule has 0 atom stereocenters. The van der Waals surface area contributed by atoms with E-state index in [4.69, 9.17) is 16.3 Å². The number of benzene rings is 1. The molecule has 0 aliphatic heterocycles. The summed E-state index contributed by atoms with van der Waals surface area (Å²) in [5.41, 5.74) is 1.22. The SMILES string of the molecule is CCOc1ccc(NS(=O)(=O)c2cnccc2Cl)c(C)c1. The highest BCUT2D eigenvalue weighted by molar-refractivity contribution is 7.92. The molecule has 1 aromatic heterocycles. The number of sulfonamides is 1. The molecule has 2 rings (SSSR count). The maximum Gasteiger partial charge on any atom is 0.264 e. The number of hydrogen-bond acceptors (Lipinski definition) is 4. The quantitative estimate of drug-likeness (QED) is 0.915. The largest absolute Gasteiger partial charge is 0.494 e. The standard InChI is InChI=1S/C14H15ClN2O3S/c1-3-20-11-4-5-13(10(2)8-11)17-21(18,19)14-9-16-7-6-12(14)15/h4-9,17H,3H2,1-2H3. The first-order chi connectivity index (χ1) is 9.94. The number of hydrogen-bond donors (Lipinski definition) is 1. The van der Waals surface area contributed by atoms with Crippen molar-refractivity contribution in [3.63, 3.8) is 0 Å². The third-order valence-corrected chi connectivity index (χ3v) is 4.61. The highest BCUT2D eigenvalue weighted by Crippen LogP contribution is 2.26. The molecule has 2 aromatic rings. The average molecular weight is 327 g/mol. The van der Waals surface area contributed by atoms with Crippen LogP contribution in [0.15, 0.2) is 41.6 Å². The first-order valence-corrected chi connectivity index (χ1v) is 8.16. The summed E-state index contributed by atoms with van der Waals surface area (Å²) in [5, 5.41) is 0.126. The topological polar surface area (TPSA) is 68.3 Å². The lowest BCUT2D eigenvalue weighted by molar-refractivity contribution is 0.340. The summed E-state index contributed by atoms with van der Waals surface area (Å²) in [7, 11) is -3.78. The van der Waals surface area contributed by atoms with E-state index in [1.165, 1.54) is 18.5 Å². The lowest BCUT2D eigenvalue weighted by Crippen LogP contribution is -2.14. The van der Waals surface area contributed by atoms with Gasteiger partial charge in [-0.3, -0.25) is 9.71 Å². The molecule has 7 heteroatoms. The van der Waals surface area contributed by atoms with Gasteiger partial charge >= 0.3 is 0 Å². The van der Waals surface area contributed by atoms with E-state index in [1.54, 1.807) is 25.1 Å². The van der Waals surface area contributed by atoms with Crippen molar-refractivity contribution in [3.05, 3.63) is 47.2 Å². The second kappa shape index (κ2) is 6.32. The summed E-state index contributed by atoms with van der Waals surface area (Å²) >= 11 is 5.90. The van der Waals surface area contributed by atoms with E-state index in [0.29, 0.717) is 18.0 Å². The molecular weight excluding hydrogens is 312 g/mol. The Morgan fingerprint density at radius 3 is 2.71 bits per heavy atom. The van der Waals surface area contributed by atoms with Gasteiger partial charge in [-0.05, 0) is 43.7 Å². The van der Waals surface area contributed by atoms with Crippen molar-refractivity contribution in [2.24, 2.45) is 0 Å². The average Bonchev–Trinajstić information content (AvgIpc) is 2.42. The molecule has 0 aliphatic carbocycles. The third-order valence-electron chi connectivity index (χ3n) is 2.78. The lowest BCUT2D eigenvalue weighted by atomic mass is 10.2. The summed E-state index contributed by atoms with van der Waals surface area (Å²) < 4.78 is 32.5. The monoisotopic (exact) mass is 326 g/mol. The van der Waals surface area contributed by atoms with Crippen molar-refractivity contribution >= 4 is 27.3 Å². The Labute approximate surface area is 129 Å². The second-order valence-corrected chi connectivity index (χ2v) is 6.38. The van der Waals surface area contributed by atoms with Crippen LogP contribution >= 0.6 is 11.6 Å². The maximum absolute atomic E-state index is 12.3. The molecule has 1 N–H and O–H groups in total. The predicted octanol–water partition coefficient (Wildman–Crippen LogP) is 3.24. The van der Waals surface area contributed by atoms with Gasteiger partial charge in [0.2, 0.25) is 0 Å². The highest BCUT2D eigenvalue weighted by Gasteiger charge is 2.19. The van der Waals surface area contributed by atoms with E-state index in [2.05, 4.69) is 9.71 Å². The number of nitrogens with zero attached hydrogens (tertiary/aromatic N) is 1. The van der Waals surface area contributed by atoms with E-state index in [-0.39, 0.29) is 9.92 Å². The van der Waals surface area contributed by atoms with Crippen LogP contribution in [-0.2, 0) is 10.0 Å². The molecule has 0 saturated heterocycles. The minimum atomic E-state index is -3.78. The van der Waals surface area contributed by atoms with Crippen molar-refractivity contribution in [1.82, 2.24) is 4.98 Å². The molecule has 0 spiro atoms. The number of aryl methyl sites for hydroxylation is 1. The number of anilines is 1. The van der Waals surface area contributed by atoms with Gasteiger partial charge in [-0.25, -0.2) is 8.42 Å². The Hall–Kier alpha value is -1.79. The Balaban J connectivity index is 2.31. The van der Waals surface area contributed by atoms with Gasteiger partial charge < -0.3 is 4.74 Å². The molecule has 0 saturated carbocycles. The molecule has 0 fully saturated rings. The van der Waals surface area contributed by atoms with Crippen LogP contribution in [0.4, 0.5) is 5.69 Å². The van der Waals surface area contributed by atoms with E-state index in [0.717, 1.165) is 5.56 Å². The zero-order valence-electron chi connectivity index (χ0n) is 11.6. The molecular formula is C14H15ClN2O3S.